The van der Waals surface area contributed by atoms with Crippen molar-refractivity contribution in [3.8, 4) is 0 Å². The van der Waals surface area contributed by atoms with Crippen LogP contribution in [0.4, 0.5) is 0 Å². The smallest absolute Gasteiger partial charge is 0.0318 e. The minimum atomic E-state index is 0.830. The SMILES string of the molecule is ON/C=C1\C=NC=CC1. The van der Waals surface area contributed by atoms with Crippen molar-refractivity contribution in [3.63, 3.8) is 0 Å². The molecular weight excluding hydrogens is 116 g/mol. The van der Waals surface area contributed by atoms with Crippen LogP contribution in [-0.2, 0) is 0 Å². The van der Waals surface area contributed by atoms with Crippen molar-refractivity contribution in [2.24, 2.45) is 4.99 Å². The lowest BCUT2D eigenvalue weighted by atomic mass is 10.2. The zero-order valence-electron chi connectivity index (χ0n) is 4.91. The van der Waals surface area contributed by atoms with Crippen molar-refractivity contribution < 1.29 is 5.21 Å². The third kappa shape index (κ3) is 1.70. The largest absolute Gasteiger partial charge is 0.292 e. The summed E-state index contributed by atoms with van der Waals surface area (Å²) in [4.78, 5) is 3.85. The van der Waals surface area contributed by atoms with Gasteiger partial charge in [-0.25, -0.2) is 0 Å². The molecule has 0 bridgehead atoms. The second kappa shape index (κ2) is 3.04. The van der Waals surface area contributed by atoms with Crippen molar-refractivity contribution in [1.29, 1.82) is 0 Å². The summed E-state index contributed by atoms with van der Waals surface area (Å²) in [7, 11) is 0. The van der Waals surface area contributed by atoms with Gasteiger partial charge in [-0.1, -0.05) is 6.08 Å². The fourth-order valence-corrected chi connectivity index (χ4v) is 0.620. The fraction of sp³-hybridized carbons (Fsp3) is 0.167. The van der Waals surface area contributed by atoms with E-state index in [1.807, 2.05) is 11.6 Å². The Bertz CT molecular complexity index is 170. The maximum absolute atomic E-state index is 8.21. The van der Waals surface area contributed by atoms with Crippen LogP contribution in [0.5, 0.6) is 0 Å². The summed E-state index contributed by atoms with van der Waals surface area (Å²) in [6, 6.07) is 0. The lowest BCUT2D eigenvalue weighted by Gasteiger charge is -1.98. The summed E-state index contributed by atoms with van der Waals surface area (Å²) in [5.41, 5.74) is 2.92. The Labute approximate surface area is 53.4 Å². The molecule has 9 heavy (non-hydrogen) atoms. The number of nitrogens with one attached hydrogen (secondary N) is 1. The highest BCUT2D eigenvalue weighted by Gasteiger charge is 1.91. The maximum atomic E-state index is 8.21. The molecule has 3 heteroatoms. The van der Waals surface area contributed by atoms with Crippen LogP contribution in [0.3, 0.4) is 0 Å². The number of nitrogens with zero attached hydrogens (tertiary/aromatic N) is 1. The lowest BCUT2D eigenvalue weighted by Crippen LogP contribution is -1.99. The Balaban J connectivity index is 2.55. The van der Waals surface area contributed by atoms with Crippen LogP contribution in [0.25, 0.3) is 0 Å². The van der Waals surface area contributed by atoms with Crippen LogP contribution in [0.2, 0.25) is 0 Å². The third-order valence-corrected chi connectivity index (χ3v) is 1.04. The molecule has 0 saturated heterocycles. The Morgan fingerprint density at radius 3 is 3.22 bits per heavy atom. The van der Waals surface area contributed by atoms with Crippen LogP contribution in [0, 0.1) is 0 Å². The molecule has 48 valence electrons. The first-order valence-electron chi connectivity index (χ1n) is 2.70. The average molecular weight is 124 g/mol. The van der Waals surface area contributed by atoms with Crippen LogP contribution in [0.1, 0.15) is 6.42 Å². The van der Waals surface area contributed by atoms with E-state index in [0.717, 1.165) is 12.0 Å². The Morgan fingerprint density at radius 2 is 2.67 bits per heavy atom. The topological polar surface area (TPSA) is 44.6 Å². The number of allylic oxidation sites excluding steroid dienone is 2. The highest BCUT2D eigenvalue weighted by atomic mass is 16.5. The van der Waals surface area contributed by atoms with Gasteiger partial charge < -0.3 is 0 Å². The first kappa shape index (κ1) is 6.04. The van der Waals surface area contributed by atoms with E-state index in [9.17, 15) is 0 Å². The van der Waals surface area contributed by atoms with Gasteiger partial charge in [0.1, 0.15) is 0 Å². The van der Waals surface area contributed by atoms with Gasteiger partial charge in [0.2, 0.25) is 0 Å². The van der Waals surface area contributed by atoms with Gasteiger partial charge in [-0.3, -0.25) is 15.7 Å². The third-order valence-electron chi connectivity index (χ3n) is 1.04. The van der Waals surface area contributed by atoms with Crippen molar-refractivity contribution >= 4 is 6.21 Å². The second-order valence-corrected chi connectivity index (χ2v) is 1.72. The Hall–Kier alpha value is -1.09. The van der Waals surface area contributed by atoms with E-state index < -0.39 is 0 Å². The Morgan fingerprint density at radius 1 is 1.78 bits per heavy atom. The lowest BCUT2D eigenvalue weighted by molar-refractivity contribution is 0.213. The van der Waals surface area contributed by atoms with Gasteiger partial charge in [-0.2, -0.15) is 0 Å². The summed E-state index contributed by atoms with van der Waals surface area (Å²) in [5.74, 6) is 0. The van der Waals surface area contributed by atoms with E-state index in [4.69, 9.17) is 5.21 Å². The number of hydrogen-bond donors (Lipinski definition) is 2. The molecule has 0 aromatic rings. The van der Waals surface area contributed by atoms with Gasteiger partial charge >= 0.3 is 0 Å². The van der Waals surface area contributed by atoms with Gasteiger partial charge in [-0.05, 0) is 12.0 Å². The molecule has 1 aliphatic heterocycles. The molecule has 1 aliphatic rings. The number of rotatable bonds is 1. The number of hydrogen-bond acceptors (Lipinski definition) is 3. The molecule has 0 atom stereocenters. The molecule has 0 unspecified atom stereocenters. The van der Waals surface area contributed by atoms with Gasteiger partial charge in [0.05, 0.1) is 0 Å². The second-order valence-electron chi connectivity index (χ2n) is 1.72. The molecule has 1 heterocycles. The minimum absolute atomic E-state index is 0.830. The first-order valence-corrected chi connectivity index (χ1v) is 2.70. The first-order chi connectivity index (χ1) is 4.43. The van der Waals surface area contributed by atoms with Gasteiger partial charge in [0.25, 0.3) is 0 Å². The molecule has 0 fully saturated rings. The van der Waals surface area contributed by atoms with Crippen molar-refractivity contribution in [1.82, 2.24) is 5.48 Å². The van der Waals surface area contributed by atoms with Gasteiger partial charge in [0, 0.05) is 18.6 Å². The van der Waals surface area contributed by atoms with Gasteiger partial charge in [-0.15, -0.1) is 0 Å². The predicted molar refractivity (Wildman–Crippen MR) is 35.3 cm³/mol. The highest BCUT2D eigenvalue weighted by molar-refractivity contribution is 5.80. The molecule has 1 rings (SSSR count). The zero-order chi connectivity index (χ0) is 6.53. The highest BCUT2D eigenvalue weighted by Crippen LogP contribution is 2.02. The van der Waals surface area contributed by atoms with Crippen LogP contribution in [0.15, 0.2) is 29.0 Å². The molecule has 0 aliphatic carbocycles. The van der Waals surface area contributed by atoms with E-state index in [1.54, 1.807) is 12.4 Å². The molecule has 3 nitrogen and oxygen atoms in total. The van der Waals surface area contributed by atoms with E-state index in [-0.39, 0.29) is 0 Å². The Kier molecular flexibility index (Phi) is 2.04. The number of aliphatic imine (C=N–C) groups is 1. The zero-order valence-corrected chi connectivity index (χ0v) is 4.91. The summed E-state index contributed by atoms with van der Waals surface area (Å²) >= 11 is 0. The molecule has 0 radical (unpaired) electrons. The molecule has 0 aromatic carbocycles. The van der Waals surface area contributed by atoms with E-state index in [0.29, 0.717) is 0 Å². The monoisotopic (exact) mass is 124 g/mol. The summed E-state index contributed by atoms with van der Waals surface area (Å²) in [6.45, 7) is 0. The minimum Gasteiger partial charge on any atom is -0.292 e. The average Bonchev–Trinajstić information content (AvgIpc) is 1.91. The normalized spacial score (nSPS) is 20.8. The fourth-order valence-electron chi connectivity index (χ4n) is 0.620. The van der Waals surface area contributed by atoms with Crippen molar-refractivity contribution in [2.75, 3.05) is 0 Å². The predicted octanol–water partition coefficient (Wildman–Crippen LogP) is 0.837. The van der Waals surface area contributed by atoms with Gasteiger partial charge in [0.15, 0.2) is 0 Å². The van der Waals surface area contributed by atoms with Crippen LogP contribution in [-0.4, -0.2) is 11.4 Å². The van der Waals surface area contributed by atoms with Crippen molar-refractivity contribution in [3.05, 3.63) is 24.0 Å². The summed E-state index contributed by atoms with van der Waals surface area (Å²) in [5, 5.41) is 8.21. The molecule has 0 saturated carbocycles. The molecule has 0 amide bonds. The molecular formula is C6H8N2O. The molecule has 0 spiro atoms. The van der Waals surface area contributed by atoms with Crippen LogP contribution < -0.4 is 5.48 Å². The van der Waals surface area contributed by atoms with E-state index >= 15 is 0 Å². The standard InChI is InChI=1S/C6H8N2O/c9-8-5-6-2-1-3-7-4-6/h1,3-5,8-9H,2H2/b6-5-. The number of hydroxylamine groups is 1. The summed E-state index contributed by atoms with van der Waals surface area (Å²) < 4.78 is 0. The van der Waals surface area contributed by atoms with Crippen LogP contribution >= 0.6 is 0 Å². The molecule has 0 aromatic heterocycles. The van der Waals surface area contributed by atoms with E-state index in [1.165, 1.54) is 6.20 Å². The maximum Gasteiger partial charge on any atom is 0.0318 e. The van der Waals surface area contributed by atoms with Crippen molar-refractivity contribution in [2.45, 2.75) is 6.42 Å². The quantitative estimate of drug-likeness (QED) is 0.509. The molecule has 2 N–H and O–H groups in total. The van der Waals surface area contributed by atoms with E-state index in [2.05, 4.69) is 4.99 Å². The summed E-state index contributed by atoms with van der Waals surface area (Å²) in [6.07, 6.45) is 7.69.